The van der Waals surface area contributed by atoms with Gasteiger partial charge in [-0.05, 0) is 29.1 Å². The summed E-state index contributed by atoms with van der Waals surface area (Å²) < 4.78 is 2.28. The summed E-state index contributed by atoms with van der Waals surface area (Å²) >= 11 is 1.70. The molecule has 104 valence electrons. The van der Waals surface area contributed by atoms with Crippen LogP contribution in [0.2, 0.25) is 0 Å². The number of hydrogen-bond acceptors (Lipinski definition) is 3. The van der Waals surface area contributed by atoms with E-state index in [0.717, 1.165) is 13.1 Å². The van der Waals surface area contributed by atoms with Gasteiger partial charge in [-0.1, -0.05) is 19.9 Å². The Kier molecular flexibility index (Phi) is 3.85. The zero-order chi connectivity index (χ0) is 13.9. The smallest absolute Gasteiger partial charge is 0.0794 e. The van der Waals surface area contributed by atoms with Gasteiger partial charge in [0.25, 0.3) is 0 Å². The molecule has 3 nitrogen and oxygen atoms in total. The van der Waals surface area contributed by atoms with Crippen LogP contribution in [-0.2, 0) is 13.1 Å². The van der Waals surface area contributed by atoms with Crippen molar-refractivity contribution in [3.63, 3.8) is 0 Å². The van der Waals surface area contributed by atoms with Crippen molar-refractivity contribution >= 4 is 22.2 Å². The van der Waals surface area contributed by atoms with Crippen LogP contribution < -0.4 is 5.32 Å². The normalized spacial score (nSPS) is 11.6. The standard InChI is InChI=1S/C16H19N3S/c1-12(2)18-8-13-3-4-16-14(7-13)5-6-19(16)10-15-9-17-11-20-15/h3-7,9,11-12,18H,8,10H2,1-2H3. The highest BCUT2D eigenvalue weighted by Gasteiger charge is 2.04. The Bertz CT molecular complexity index is 683. The van der Waals surface area contributed by atoms with Crippen molar-refractivity contribution in [3.05, 3.63) is 52.6 Å². The van der Waals surface area contributed by atoms with Crippen molar-refractivity contribution < 1.29 is 0 Å². The van der Waals surface area contributed by atoms with Crippen molar-refractivity contribution in [2.24, 2.45) is 0 Å². The molecule has 4 heteroatoms. The van der Waals surface area contributed by atoms with Gasteiger partial charge in [-0.25, -0.2) is 0 Å². The summed E-state index contributed by atoms with van der Waals surface area (Å²) in [7, 11) is 0. The lowest BCUT2D eigenvalue weighted by Gasteiger charge is -2.09. The van der Waals surface area contributed by atoms with Gasteiger partial charge in [-0.3, -0.25) is 4.98 Å². The molecule has 2 aromatic heterocycles. The van der Waals surface area contributed by atoms with E-state index in [1.807, 2.05) is 11.7 Å². The molecule has 0 spiro atoms. The Morgan fingerprint density at radius 3 is 2.95 bits per heavy atom. The highest BCUT2D eigenvalue weighted by molar-refractivity contribution is 7.09. The maximum Gasteiger partial charge on any atom is 0.0794 e. The summed E-state index contributed by atoms with van der Waals surface area (Å²) in [6.45, 7) is 6.17. The summed E-state index contributed by atoms with van der Waals surface area (Å²) in [6, 6.07) is 9.40. The Balaban J connectivity index is 1.82. The fourth-order valence-corrected chi connectivity index (χ4v) is 2.90. The molecule has 0 fully saturated rings. The van der Waals surface area contributed by atoms with Crippen LogP contribution in [0.5, 0.6) is 0 Å². The molecule has 1 aromatic carbocycles. The summed E-state index contributed by atoms with van der Waals surface area (Å²) in [5.74, 6) is 0. The molecule has 0 aliphatic carbocycles. The van der Waals surface area contributed by atoms with Crippen LogP contribution in [0.1, 0.15) is 24.3 Å². The molecule has 0 atom stereocenters. The largest absolute Gasteiger partial charge is 0.342 e. The summed E-state index contributed by atoms with van der Waals surface area (Å²) in [5.41, 5.74) is 4.50. The third kappa shape index (κ3) is 2.92. The second-order valence-corrected chi connectivity index (χ2v) is 6.31. The van der Waals surface area contributed by atoms with Crippen molar-refractivity contribution in [3.8, 4) is 0 Å². The molecule has 2 heterocycles. The van der Waals surface area contributed by atoms with E-state index in [0.29, 0.717) is 6.04 Å². The molecular weight excluding hydrogens is 266 g/mol. The third-order valence-electron chi connectivity index (χ3n) is 3.36. The molecule has 0 saturated heterocycles. The van der Waals surface area contributed by atoms with Gasteiger partial charge in [0.05, 0.1) is 12.1 Å². The van der Waals surface area contributed by atoms with E-state index in [1.165, 1.54) is 21.3 Å². The number of thiazole rings is 1. The van der Waals surface area contributed by atoms with Gasteiger partial charge >= 0.3 is 0 Å². The highest BCUT2D eigenvalue weighted by Crippen LogP contribution is 2.20. The van der Waals surface area contributed by atoms with Gasteiger partial charge in [0.15, 0.2) is 0 Å². The first-order valence-corrected chi connectivity index (χ1v) is 7.79. The van der Waals surface area contributed by atoms with Gasteiger partial charge in [-0.15, -0.1) is 11.3 Å². The molecule has 0 amide bonds. The van der Waals surface area contributed by atoms with Crippen molar-refractivity contribution in [2.75, 3.05) is 0 Å². The van der Waals surface area contributed by atoms with Crippen molar-refractivity contribution in [1.82, 2.24) is 14.9 Å². The molecule has 1 N–H and O–H groups in total. The molecule has 0 bridgehead atoms. The summed E-state index contributed by atoms with van der Waals surface area (Å²) in [5, 5.41) is 4.76. The van der Waals surface area contributed by atoms with E-state index in [9.17, 15) is 0 Å². The third-order valence-corrected chi connectivity index (χ3v) is 4.12. The fourth-order valence-electron chi connectivity index (χ4n) is 2.31. The van der Waals surface area contributed by atoms with Crippen LogP contribution in [0.4, 0.5) is 0 Å². The number of aromatic nitrogens is 2. The van der Waals surface area contributed by atoms with E-state index in [2.05, 4.69) is 59.2 Å². The maximum atomic E-state index is 4.13. The molecule has 20 heavy (non-hydrogen) atoms. The Morgan fingerprint density at radius 2 is 2.20 bits per heavy atom. The van der Waals surface area contributed by atoms with Gasteiger partial charge in [0.2, 0.25) is 0 Å². The lowest BCUT2D eigenvalue weighted by atomic mass is 10.1. The zero-order valence-electron chi connectivity index (χ0n) is 11.8. The summed E-state index contributed by atoms with van der Waals surface area (Å²) in [6.07, 6.45) is 4.10. The van der Waals surface area contributed by atoms with E-state index in [4.69, 9.17) is 0 Å². The van der Waals surface area contributed by atoms with Crippen LogP contribution in [0, 0.1) is 0 Å². The Morgan fingerprint density at radius 1 is 1.30 bits per heavy atom. The minimum absolute atomic E-state index is 0.515. The molecule has 0 unspecified atom stereocenters. The number of benzene rings is 1. The van der Waals surface area contributed by atoms with Crippen molar-refractivity contribution in [2.45, 2.75) is 33.0 Å². The molecule has 3 rings (SSSR count). The van der Waals surface area contributed by atoms with Crippen LogP contribution in [-0.4, -0.2) is 15.6 Å². The second-order valence-electron chi connectivity index (χ2n) is 5.34. The number of rotatable bonds is 5. The fraction of sp³-hybridized carbons (Fsp3) is 0.312. The topological polar surface area (TPSA) is 29.9 Å². The first kappa shape index (κ1) is 13.3. The minimum atomic E-state index is 0.515. The zero-order valence-corrected chi connectivity index (χ0v) is 12.7. The quantitative estimate of drug-likeness (QED) is 0.775. The SMILES string of the molecule is CC(C)NCc1ccc2c(ccn2Cc2cncs2)c1. The predicted octanol–water partition coefficient (Wildman–Crippen LogP) is 3.64. The van der Waals surface area contributed by atoms with Gasteiger partial charge < -0.3 is 9.88 Å². The second kappa shape index (κ2) is 5.77. The van der Waals surface area contributed by atoms with Crippen LogP contribution >= 0.6 is 11.3 Å². The van der Waals surface area contributed by atoms with Gasteiger partial charge in [0.1, 0.15) is 0 Å². The molecule has 0 aliphatic rings. The molecular formula is C16H19N3S. The van der Waals surface area contributed by atoms with E-state index in [-0.39, 0.29) is 0 Å². The summed E-state index contributed by atoms with van der Waals surface area (Å²) in [4.78, 5) is 5.42. The number of nitrogens with one attached hydrogen (secondary N) is 1. The van der Waals surface area contributed by atoms with Crippen LogP contribution in [0.25, 0.3) is 10.9 Å². The lowest BCUT2D eigenvalue weighted by Crippen LogP contribution is -2.21. The molecule has 3 aromatic rings. The first-order chi connectivity index (χ1) is 9.72. The Hall–Kier alpha value is -1.65. The highest BCUT2D eigenvalue weighted by atomic mass is 32.1. The molecule has 0 radical (unpaired) electrons. The van der Waals surface area contributed by atoms with Crippen molar-refractivity contribution in [1.29, 1.82) is 0 Å². The van der Waals surface area contributed by atoms with E-state index < -0.39 is 0 Å². The number of fused-ring (bicyclic) bond motifs is 1. The molecule has 0 aliphatic heterocycles. The number of hydrogen-bond donors (Lipinski definition) is 1. The van der Waals surface area contributed by atoms with Crippen LogP contribution in [0.3, 0.4) is 0 Å². The number of nitrogens with zero attached hydrogens (tertiary/aromatic N) is 2. The average molecular weight is 285 g/mol. The predicted molar refractivity (Wildman–Crippen MR) is 85.1 cm³/mol. The minimum Gasteiger partial charge on any atom is -0.342 e. The average Bonchev–Trinajstić information content (AvgIpc) is 3.07. The van der Waals surface area contributed by atoms with E-state index >= 15 is 0 Å². The molecule has 0 saturated carbocycles. The van der Waals surface area contributed by atoms with Gasteiger partial charge in [-0.2, -0.15) is 0 Å². The van der Waals surface area contributed by atoms with E-state index in [1.54, 1.807) is 11.3 Å². The first-order valence-electron chi connectivity index (χ1n) is 6.91. The van der Waals surface area contributed by atoms with Gasteiger partial charge in [0, 0.05) is 35.4 Å². The lowest BCUT2D eigenvalue weighted by molar-refractivity contribution is 0.589. The monoisotopic (exact) mass is 285 g/mol. The Labute approximate surface area is 123 Å². The van der Waals surface area contributed by atoms with Crippen LogP contribution in [0.15, 0.2) is 42.2 Å². The maximum absolute atomic E-state index is 4.13.